The Kier molecular flexibility index (Phi) is 8.51. The average Bonchev–Trinajstić information content (AvgIpc) is 2.69. The summed E-state index contributed by atoms with van der Waals surface area (Å²) in [5, 5.41) is 3.29. The number of anilines is 1. The van der Waals surface area contributed by atoms with Gasteiger partial charge in [-0.05, 0) is 62.6 Å². The summed E-state index contributed by atoms with van der Waals surface area (Å²) in [6.45, 7) is 8.16. The smallest absolute Gasteiger partial charge is 0.246 e. The van der Waals surface area contributed by atoms with Gasteiger partial charge in [0.1, 0.15) is 0 Å². The molecule has 0 bridgehead atoms. The number of likely N-dealkylation sites (N-methyl/N-ethyl adjacent to an activating group) is 1. The minimum absolute atomic E-state index is 0.0660. The molecule has 2 amide bonds. The quantitative estimate of drug-likeness (QED) is 0.595. The van der Waals surface area contributed by atoms with Crippen LogP contribution < -0.4 is 14.8 Å². The number of hydrogen-bond acceptors (Lipinski definition) is 4. The van der Waals surface area contributed by atoms with E-state index in [1.54, 1.807) is 25.3 Å². The molecule has 0 aliphatic rings. The Bertz CT molecular complexity index is 978. The maximum Gasteiger partial charge on any atom is 0.246 e. The summed E-state index contributed by atoms with van der Waals surface area (Å²) in [7, 11) is 3.09. The van der Waals surface area contributed by atoms with Crippen LogP contribution in [0.15, 0.2) is 30.3 Å². The molecular weight excluding hydrogens is 416 g/mol. The largest absolute Gasteiger partial charge is 0.491 e. The fourth-order valence-corrected chi connectivity index (χ4v) is 3.59. The van der Waals surface area contributed by atoms with Crippen molar-refractivity contribution in [3.63, 3.8) is 0 Å². The van der Waals surface area contributed by atoms with Crippen LogP contribution in [-0.4, -0.2) is 44.0 Å². The van der Waals surface area contributed by atoms with Crippen LogP contribution in [0.2, 0.25) is 5.02 Å². The van der Waals surface area contributed by atoms with Gasteiger partial charge < -0.3 is 19.7 Å². The third-order valence-electron chi connectivity index (χ3n) is 4.65. The number of nitrogens with zero attached hydrogens (tertiary/aromatic N) is 1. The molecule has 2 aromatic carbocycles. The van der Waals surface area contributed by atoms with E-state index in [1.807, 2.05) is 39.8 Å². The summed E-state index contributed by atoms with van der Waals surface area (Å²) in [6.07, 6.45) is 3.02. The van der Waals surface area contributed by atoms with Crippen LogP contribution in [0.3, 0.4) is 0 Å². The highest BCUT2D eigenvalue weighted by atomic mass is 35.5. The Morgan fingerprint density at radius 3 is 2.35 bits per heavy atom. The molecule has 31 heavy (non-hydrogen) atoms. The summed E-state index contributed by atoms with van der Waals surface area (Å²) in [5.74, 6) is 0.381. The number of nitrogens with one attached hydrogen (secondary N) is 1. The normalized spacial score (nSPS) is 10.8. The van der Waals surface area contributed by atoms with E-state index in [1.165, 1.54) is 18.1 Å². The Labute approximate surface area is 188 Å². The predicted octanol–water partition coefficient (Wildman–Crippen LogP) is 4.78. The van der Waals surface area contributed by atoms with Gasteiger partial charge in [0.05, 0.1) is 25.3 Å². The van der Waals surface area contributed by atoms with Gasteiger partial charge in [0, 0.05) is 18.8 Å². The van der Waals surface area contributed by atoms with Crippen molar-refractivity contribution in [1.29, 1.82) is 0 Å². The van der Waals surface area contributed by atoms with Crippen molar-refractivity contribution in [2.75, 3.05) is 32.6 Å². The topological polar surface area (TPSA) is 67.9 Å². The zero-order valence-electron chi connectivity index (χ0n) is 18.8. The molecule has 0 fully saturated rings. The van der Waals surface area contributed by atoms with E-state index in [0.29, 0.717) is 28.7 Å². The summed E-state index contributed by atoms with van der Waals surface area (Å²) < 4.78 is 10.8. The summed E-state index contributed by atoms with van der Waals surface area (Å²) >= 11 is 6.24. The lowest BCUT2D eigenvalue weighted by Gasteiger charge is -2.17. The van der Waals surface area contributed by atoms with Crippen LogP contribution in [0.25, 0.3) is 6.08 Å². The predicted molar refractivity (Wildman–Crippen MR) is 125 cm³/mol. The third kappa shape index (κ3) is 6.49. The standard InChI is InChI=1S/C24H29ClN2O4/c1-7-31-20-13-18(12-19(25)24(20)30-6)8-9-22(29)27(5)14-21(28)26-23-16(3)10-15(2)11-17(23)4/h8-13H,7,14H2,1-6H3,(H,26,28)/b9-8+. The summed E-state index contributed by atoms with van der Waals surface area (Å²) in [6, 6.07) is 7.45. The van der Waals surface area contributed by atoms with Gasteiger partial charge in [-0.1, -0.05) is 29.3 Å². The van der Waals surface area contributed by atoms with Gasteiger partial charge >= 0.3 is 0 Å². The monoisotopic (exact) mass is 444 g/mol. The Morgan fingerprint density at radius 1 is 1.13 bits per heavy atom. The molecule has 0 heterocycles. The highest BCUT2D eigenvalue weighted by molar-refractivity contribution is 6.32. The number of hydrogen-bond donors (Lipinski definition) is 1. The molecule has 0 atom stereocenters. The molecule has 0 aromatic heterocycles. The van der Waals surface area contributed by atoms with E-state index in [9.17, 15) is 9.59 Å². The van der Waals surface area contributed by atoms with E-state index < -0.39 is 0 Å². The second-order valence-corrected chi connectivity index (χ2v) is 7.72. The molecule has 7 heteroatoms. The maximum atomic E-state index is 12.5. The molecular formula is C24H29ClN2O4. The molecule has 1 N–H and O–H groups in total. The average molecular weight is 445 g/mol. The number of methoxy groups -OCH3 is 1. The SMILES string of the molecule is CCOc1cc(/C=C/C(=O)N(C)CC(=O)Nc2c(C)cc(C)cc2C)cc(Cl)c1OC. The molecule has 0 saturated carbocycles. The van der Waals surface area contributed by atoms with E-state index in [4.69, 9.17) is 21.1 Å². The minimum atomic E-state index is -0.308. The van der Waals surface area contributed by atoms with E-state index in [2.05, 4.69) is 5.32 Å². The highest BCUT2D eigenvalue weighted by Gasteiger charge is 2.14. The fourth-order valence-electron chi connectivity index (χ4n) is 3.29. The molecule has 0 aliphatic carbocycles. The number of amides is 2. The van der Waals surface area contributed by atoms with Crippen molar-refractivity contribution in [3.8, 4) is 11.5 Å². The van der Waals surface area contributed by atoms with Crippen LogP contribution in [0.5, 0.6) is 11.5 Å². The van der Waals surface area contributed by atoms with E-state index in [-0.39, 0.29) is 18.4 Å². The van der Waals surface area contributed by atoms with Gasteiger partial charge in [-0.3, -0.25) is 9.59 Å². The molecule has 0 radical (unpaired) electrons. The molecule has 0 unspecified atom stereocenters. The Balaban J connectivity index is 2.05. The maximum absolute atomic E-state index is 12.5. The Hall–Kier alpha value is -2.99. The van der Waals surface area contributed by atoms with Crippen LogP contribution in [0.4, 0.5) is 5.69 Å². The molecule has 2 aromatic rings. The summed E-state index contributed by atoms with van der Waals surface area (Å²) in [5.41, 5.74) is 4.58. The molecule has 0 spiro atoms. The first kappa shape index (κ1) is 24.3. The fraction of sp³-hybridized carbons (Fsp3) is 0.333. The number of carbonyl (C=O) groups is 2. The first-order valence-electron chi connectivity index (χ1n) is 9.97. The van der Waals surface area contributed by atoms with Gasteiger partial charge in [-0.25, -0.2) is 0 Å². The molecule has 166 valence electrons. The third-order valence-corrected chi connectivity index (χ3v) is 4.93. The van der Waals surface area contributed by atoms with Crippen molar-refractivity contribution in [1.82, 2.24) is 4.90 Å². The van der Waals surface area contributed by atoms with Crippen molar-refractivity contribution in [2.45, 2.75) is 27.7 Å². The second-order valence-electron chi connectivity index (χ2n) is 7.32. The molecule has 0 aliphatic heterocycles. The zero-order chi connectivity index (χ0) is 23.1. The summed E-state index contributed by atoms with van der Waals surface area (Å²) in [4.78, 5) is 26.3. The molecule has 6 nitrogen and oxygen atoms in total. The van der Waals surface area contributed by atoms with Gasteiger partial charge in [0.25, 0.3) is 0 Å². The number of halogens is 1. The van der Waals surface area contributed by atoms with E-state index >= 15 is 0 Å². The van der Waals surface area contributed by atoms with Crippen molar-refractivity contribution < 1.29 is 19.1 Å². The van der Waals surface area contributed by atoms with Crippen LogP contribution in [0.1, 0.15) is 29.2 Å². The number of carbonyl (C=O) groups excluding carboxylic acids is 2. The number of rotatable bonds is 8. The lowest BCUT2D eigenvalue weighted by atomic mass is 10.1. The van der Waals surface area contributed by atoms with Gasteiger partial charge in [-0.2, -0.15) is 0 Å². The van der Waals surface area contributed by atoms with Crippen LogP contribution in [-0.2, 0) is 9.59 Å². The number of ether oxygens (including phenoxy) is 2. The Morgan fingerprint density at radius 2 is 1.77 bits per heavy atom. The number of aryl methyl sites for hydroxylation is 3. The highest BCUT2D eigenvalue weighted by Crippen LogP contribution is 2.36. The van der Waals surface area contributed by atoms with Crippen molar-refractivity contribution in [2.24, 2.45) is 0 Å². The lowest BCUT2D eigenvalue weighted by molar-refractivity contribution is -0.129. The number of benzene rings is 2. The first-order valence-corrected chi connectivity index (χ1v) is 10.3. The van der Waals surface area contributed by atoms with Gasteiger partial charge in [-0.15, -0.1) is 0 Å². The minimum Gasteiger partial charge on any atom is -0.491 e. The van der Waals surface area contributed by atoms with Gasteiger partial charge in [0.15, 0.2) is 11.5 Å². The van der Waals surface area contributed by atoms with Crippen LogP contribution >= 0.6 is 11.6 Å². The van der Waals surface area contributed by atoms with Gasteiger partial charge in [0.2, 0.25) is 11.8 Å². The van der Waals surface area contributed by atoms with Crippen LogP contribution in [0, 0.1) is 20.8 Å². The lowest BCUT2D eigenvalue weighted by Crippen LogP contribution is -2.34. The molecule has 2 rings (SSSR count). The van der Waals surface area contributed by atoms with Crippen molar-refractivity contribution >= 4 is 35.2 Å². The molecule has 0 saturated heterocycles. The first-order chi connectivity index (χ1) is 14.7. The zero-order valence-corrected chi connectivity index (χ0v) is 19.6. The second kappa shape index (κ2) is 10.9. The van der Waals surface area contributed by atoms with Crippen molar-refractivity contribution in [3.05, 3.63) is 57.6 Å². The van der Waals surface area contributed by atoms with E-state index in [0.717, 1.165) is 22.4 Å².